The molecule has 0 aromatic heterocycles. The molecule has 0 saturated heterocycles. The third-order valence-electron chi connectivity index (χ3n) is 12.9. The zero-order chi connectivity index (χ0) is 37.1. The first-order valence-electron chi connectivity index (χ1n) is 19.5. The van der Waals surface area contributed by atoms with Crippen molar-refractivity contribution in [1.82, 2.24) is 0 Å². The van der Waals surface area contributed by atoms with Crippen LogP contribution in [0.4, 0.5) is 17.1 Å². The molecule has 8 aromatic carbocycles. The highest BCUT2D eigenvalue weighted by Gasteiger charge is 2.38. The quantitative estimate of drug-likeness (QED) is 0.177. The highest BCUT2D eigenvalue weighted by atomic mass is 15.1. The number of hydrogen-bond acceptors (Lipinski definition) is 1. The molecule has 0 aliphatic heterocycles. The number of rotatable bonds is 3. The molecule has 0 radical (unpaired) electrons. The lowest BCUT2D eigenvalue weighted by atomic mass is 9.80. The molecule has 0 N–H and O–H groups in total. The molecule has 0 fully saturated rings. The largest absolute Gasteiger partial charge is 0.310 e. The van der Waals surface area contributed by atoms with Crippen LogP contribution < -0.4 is 4.90 Å². The van der Waals surface area contributed by atoms with Gasteiger partial charge in [0.15, 0.2) is 0 Å². The fourth-order valence-corrected chi connectivity index (χ4v) is 10.2. The van der Waals surface area contributed by atoms with Crippen LogP contribution in [-0.2, 0) is 10.8 Å². The Morgan fingerprint density at radius 3 is 1.11 bits per heavy atom. The van der Waals surface area contributed by atoms with Crippen molar-refractivity contribution in [2.75, 3.05) is 4.90 Å². The molecule has 11 rings (SSSR count). The Kier molecular flexibility index (Phi) is 6.72. The van der Waals surface area contributed by atoms with Crippen LogP contribution in [0.25, 0.3) is 66.8 Å². The van der Waals surface area contributed by atoms with Crippen LogP contribution in [0.2, 0.25) is 0 Å². The van der Waals surface area contributed by atoms with E-state index in [-0.39, 0.29) is 10.8 Å². The minimum atomic E-state index is -0.129. The number of fused-ring (bicyclic) bond motifs is 14. The van der Waals surface area contributed by atoms with E-state index in [1.807, 2.05) is 0 Å². The van der Waals surface area contributed by atoms with E-state index in [2.05, 4.69) is 209 Å². The second-order valence-electron chi connectivity index (χ2n) is 16.5. The summed E-state index contributed by atoms with van der Waals surface area (Å²) in [7, 11) is 0. The molecule has 0 heterocycles. The first kappa shape index (κ1) is 32.0. The summed E-state index contributed by atoms with van der Waals surface area (Å²) in [4.78, 5) is 2.55. The molecule has 262 valence electrons. The number of nitrogens with zero attached hydrogens (tertiary/aromatic N) is 1. The van der Waals surface area contributed by atoms with Gasteiger partial charge < -0.3 is 4.90 Å². The number of benzene rings is 8. The maximum absolute atomic E-state index is 2.55. The average molecular weight is 704 g/mol. The first-order valence-corrected chi connectivity index (χ1v) is 19.5. The van der Waals surface area contributed by atoms with Crippen LogP contribution in [0.15, 0.2) is 176 Å². The number of hydrogen-bond donors (Lipinski definition) is 0. The topological polar surface area (TPSA) is 3.24 Å². The van der Waals surface area contributed by atoms with Gasteiger partial charge in [0, 0.05) is 27.8 Å². The van der Waals surface area contributed by atoms with Gasteiger partial charge in [0.05, 0.1) is 5.69 Å². The highest BCUT2D eigenvalue weighted by Crippen LogP contribution is 2.56. The predicted molar refractivity (Wildman–Crippen MR) is 232 cm³/mol. The summed E-state index contributed by atoms with van der Waals surface area (Å²) in [5.41, 5.74) is 24.1. The van der Waals surface area contributed by atoms with E-state index in [1.54, 1.807) is 0 Å². The highest BCUT2D eigenvalue weighted by molar-refractivity contribution is 6.08. The zero-order valence-corrected chi connectivity index (χ0v) is 31.7. The second kappa shape index (κ2) is 11.5. The molecular weight excluding hydrogens is 663 g/mol. The van der Waals surface area contributed by atoms with Gasteiger partial charge in [-0.3, -0.25) is 0 Å². The van der Waals surface area contributed by atoms with Crippen LogP contribution in [0, 0.1) is 0 Å². The van der Waals surface area contributed by atoms with Crippen LogP contribution in [0.3, 0.4) is 0 Å². The molecule has 55 heavy (non-hydrogen) atoms. The molecule has 1 nitrogen and oxygen atoms in total. The third kappa shape index (κ3) is 4.47. The molecule has 0 amide bonds. The molecule has 0 unspecified atom stereocenters. The Morgan fingerprint density at radius 2 is 0.636 bits per heavy atom. The fourth-order valence-electron chi connectivity index (χ4n) is 10.2. The van der Waals surface area contributed by atoms with Gasteiger partial charge in [-0.2, -0.15) is 0 Å². The molecule has 0 atom stereocenters. The van der Waals surface area contributed by atoms with Gasteiger partial charge >= 0.3 is 0 Å². The van der Waals surface area contributed by atoms with Gasteiger partial charge in [-0.1, -0.05) is 173 Å². The molecule has 8 aromatic rings. The Morgan fingerprint density at radius 1 is 0.291 bits per heavy atom. The predicted octanol–water partition coefficient (Wildman–Crippen LogP) is 14.8. The van der Waals surface area contributed by atoms with Crippen molar-refractivity contribution in [3.8, 4) is 66.8 Å². The van der Waals surface area contributed by atoms with Crippen molar-refractivity contribution in [3.05, 3.63) is 198 Å². The monoisotopic (exact) mass is 703 g/mol. The summed E-state index contributed by atoms with van der Waals surface area (Å²) in [5, 5.41) is 0. The summed E-state index contributed by atoms with van der Waals surface area (Å²) >= 11 is 0. The van der Waals surface area contributed by atoms with Crippen molar-refractivity contribution < 1.29 is 0 Å². The van der Waals surface area contributed by atoms with Gasteiger partial charge in [-0.25, -0.2) is 0 Å². The van der Waals surface area contributed by atoms with Crippen LogP contribution >= 0.6 is 0 Å². The van der Waals surface area contributed by atoms with E-state index in [4.69, 9.17) is 0 Å². The van der Waals surface area contributed by atoms with Crippen LogP contribution in [-0.4, -0.2) is 0 Å². The average Bonchev–Trinajstić information content (AvgIpc) is 3.59. The van der Waals surface area contributed by atoms with Crippen molar-refractivity contribution in [3.63, 3.8) is 0 Å². The maximum atomic E-state index is 2.55. The Hall–Kier alpha value is -6.44. The summed E-state index contributed by atoms with van der Waals surface area (Å²) in [6.07, 6.45) is 0. The van der Waals surface area contributed by atoms with Gasteiger partial charge in [0.2, 0.25) is 0 Å². The molecule has 3 aliphatic carbocycles. The van der Waals surface area contributed by atoms with E-state index >= 15 is 0 Å². The van der Waals surface area contributed by atoms with E-state index in [1.165, 1.54) is 94.7 Å². The van der Waals surface area contributed by atoms with Crippen molar-refractivity contribution in [1.29, 1.82) is 0 Å². The summed E-state index contributed by atoms with van der Waals surface area (Å²) in [6, 6.07) is 66.0. The Balaban J connectivity index is 1.22. The Bertz CT molecular complexity index is 2770. The molecule has 0 saturated carbocycles. The Labute approximate surface area is 324 Å². The summed E-state index contributed by atoms with van der Waals surface area (Å²) in [5.74, 6) is 0. The molecule has 0 bridgehead atoms. The van der Waals surface area contributed by atoms with Gasteiger partial charge in [-0.05, 0) is 114 Å². The first-order chi connectivity index (χ1) is 26.8. The van der Waals surface area contributed by atoms with E-state index in [9.17, 15) is 0 Å². The lowest BCUT2D eigenvalue weighted by Gasteiger charge is -2.33. The molecular formula is C54H41N. The molecule has 0 spiro atoms. The van der Waals surface area contributed by atoms with Crippen molar-refractivity contribution >= 4 is 17.1 Å². The second-order valence-corrected chi connectivity index (χ2v) is 16.5. The van der Waals surface area contributed by atoms with Crippen LogP contribution in [0.1, 0.15) is 49.9 Å². The van der Waals surface area contributed by atoms with Gasteiger partial charge in [0.25, 0.3) is 0 Å². The molecule has 1 heteroatoms. The summed E-state index contributed by atoms with van der Waals surface area (Å²) in [6.45, 7) is 9.51. The third-order valence-corrected chi connectivity index (χ3v) is 12.9. The van der Waals surface area contributed by atoms with Crippen molar-refractivity contribution in [2.24, 2.45) is 0 Å². The summed E-state index contributed by atoms with van der Waals surface area (Å²) < 4.78 is 0. The van der Waals surface area contributed by atoms with Crippen LogP contribution in [0.5, 0.6) is 0 Å². The van der Waals surface area contributed by atoms with Gasteiger partial charge in [-0.15, -0.1) is 0 Å². The minimum absolute atomic E-state index is 0.129. The fraction of sp³-hybridized carbons (Fsp3) is 0.111. The van der Waals surface area contributed by atoms with E-state index < -0.39 is 0 Å². The lowest BCUT2D eigenvalue weighted by molar-refractivity contribution is 0.660. The smallest absolute Gasteiger partial charge is 0.0546 e. The van der Waals surface area contributed by atoms with E-state index in [0.717, 1.165) is 11.4 Å². The van der Waals surface area contributed by atoms with Crippen molar-refractivity contribution in [2.45, 2.75) is 38.5 Å². The van der Waals surface area contributed by atoms with Gasteiger partial charge in [0.1, 0.15) is 0 Å². The molecule has 3 aliphatic rings. The normalized spacial score (nSPS) is 14.5. The maximum Gasteiger partial charge on any atom is 0.0546 e. The minimum Gasteiger partial charge on any atom is -0.310 e. The zero-order valence-electron chi connectivity index (χ0n) is 31.7. The SMILES string of the molecule is CC1(C)c2ccccc2-c2ccc(N(c3ccc4c(c3)C(C)(C)c3ccccc3-4)c3cccc4c3-c3ccccc3-c3ccccc3-c3ccccc3-4)cc21. The number of anilines is 3. The standard InChI is InChI=1S/C54H41N/c1-53(2)47-25-13-11-21-41(47)43-30-28-34(32-49(43)53)55(35-29-31-44-42-22-12-14-26-48(42)54(3,4)50(44)33-35)51-27-15-24-46-40-19-8-7-18-38(40)36-16-5-6-17-37(36)39-20-9-10-23-45(39)52(46)51/h5-33H,1-4H3. The van der Waals surface area contributed by atoms with E-state index in [0.29, 0.717) is 0 Å². The lowest BCUT2D eigenvalue weighted by Crippen LogP contribution is -2.18.